The highest BCUT2D eigenvalue weighted by atomic mass is 35.5. The van der Waals surface area contributed by atoms with Gasteiger partial charge in [0.2, 0.25) is 0 Å². The second-order valence-corrected chi connectivity index (χ2v) is 11.9. The molecule has 4 nitrogen and oxygen atoms in total. The largest absolute Gasteiger partial charge is 0.460 e. The summed E-state index contributed by atoms with van der Waals surface area (Å²) in [5.41, 5.74) is 3.74. The molecule has 1 aromatic carbocycles. The first-order chi connectivity index (χ1) is 15.4. The highest BCUT2D eigenvalue weighted by Crippen LogP contribution is 2.51. The monoisotopic (exact) mass is 483 g/mol. The lowest BCUT2D eigenvalue weighted by Gasteiger charge is -2.43. The summed E-state index contributed by atoms with van der Waals surface area (Å²) in [7, 11) is 0. The van der Waals surface area contributed by atoms with Crippen LogP contribution in [0.25, 0.3) is 11.3 Å². The van der Waals surface area contributed by atoms with Gasteiger partial charge in [-0.1, -0.05) is 50.9 Å². The van der Waals surface area contributed by atoms with Crippen LogP contribution in [0.5, 0.6) is 0 Å². The normalized spacial score (nSPS) is 22.2. The van der Waals surface area contributed by atoms with Crippen LogP contribution in [0.2, 0.25) is 10.0 Å². The molecule has 33 heavy (non-hydrogen) atoms. The Morgan fingerprint density at radius 2 is 1.39 bits per heavy atom. The van der Waals surface area contributed by atoms with E-state index in [-0.39, 0.29) is 22.4 Å². The van der Waals surface area contributed by atoms with Crippen molar-refractivity contribution in [3.63, 3.8) is 0 Å². The number of carbonyl (C=O) groups excluding carboxylic acids is 2. The molecule has 0 radical (unpaired) electrons. The molecular formula is C27H27Cl2NO3. The van der Waals surface area contributed by atoms with Gasteiger partial charge in [0.15, 0.2) is 11.6 Å². The van der Waals surface area contributed by atoms with Crippen LogP contribution in [0.4, 0.5) is 0 Å². The van der Waals surface area contributed by atoms with E-state index in [0.29, 0.717) is 45.6 Å². The van der Waals surface area contributed by atoms with Crippen molar-refractivity contribution in [3.05, 3.63) is 68.7 Å². The average Bonchev–Trinajstić information content (AvgIpc) is 3.16. The first-order valence-electron chi connectivity index (χ1n) is 11.3. The second-order valence-electron chi connectivity index (χ2n) is 11.1. The molecule has 3 aliphatic rings. The molecule has 5 rings (SSSR count). The summed E-state index contributed by atoms with van der Waals surface area (Å²) in [6.07, 6.45) is 2.42. The van der Waals surface area contributed by atoms with Gasteiger partial charge in [-0.25, -0.2) is 0 Å². The van der Waals surface area contributed by atoms with Gasteiger partial charge in [0.25, 0.3) is 0 Å². The first kappa shape index (κ1) is 22.5. The van der Waals surface area contributed by atoms with E-state index in [1.807, 2.05) is 18.2 Å². The third-order valence-corrected chi connectivity index (χ3v) is 7.57. The second kappa shape index (κ2) is 7.61. The Labute approximate surface area is 204 Å². The van der Waals surface area contributed by atoms with Crippen molar-refractivity contribution in [2.24, 2.45) is 10.8 Å². The predicted molar refractivity (Wildman–Crippen MR) is 130 cm³/mol. The number of allylic oxidation sites excluding steroid dienone is 4. The third kappa shape index (κ3) is 3.98. The number of furan rings is 1. The molecule has 0 spiro atoms. The highest BCUT2D eigenvalue weighted by molar-refractivity contribution is 6.42. The molecule has 0 saturated heterocycles. The van der Waals surface area contributed by atoms with Crippen molar-refractivity contribution >= 4 is 34.8 Å². The van der Waals surface area contributed by atoms with E-state index >= 15 is 0 Å². The number of carbonyl (C=O) groups is 2. The van der Waals surface area contributed by atoms with Gasteiger partial charge in [-0.05, 0) is 54.0 Å². The quantitative estimate of drug-likeness (QED) is 0.489. The van der Waals surface area contributed by atoms with Crippen LogP contribution in [0.15, 0.2) is 57.3 Å². The van der Waals surface area contributed by atoms with E-state index in [4.69, 9.17) is 27.6 Å². The van der Waals surface area contributed by atoms with Crippen LogP contribution < -0.4 is 5.32 Å². The zero-order valence-corrected chi connectivity index (χ0v) is 20.8. The van der Waals surface area contributed by atoms with Gasteiger partial charge >= 0.3 is 0 Å². The van der Waals surface area contributed by atoms with E-state index < -0.39 is 5.92 Å². The molecule has 1 N–H and O–H groups in total. The lowest BCUT2D eigenvalue weighted by atomic mass is 9.65. The molecule has 172 valence electrons. The smallest absolute Gasteiger partial charge is 0.162 e. The van der Waals surface area contributed by atoms with Gasteiger partial charge in [0, 0.05) is 40.9 Å². The minimum absolute atomic E-state index is 0.0791. The molecule has 1 aromatic heterocycles. The van der Waals surface area contributed by atoms with E-state index in [1.165, 1.54) is 0 Å². The van der Waals surface area contributed by atoms with Crippen molar-refractivity contribution in [1.82, 2.24) is 5.32 Å². The van der Waals surface area contributed by atoms with Crippen molar-refractivity contribution in [3.8, 4) is 11.3 Å². The topological polar surface area (TPSA) is 59.3 Å². The zero-order chi connectivity index (χ0) is 23.7. The van der Waals surface area contributed by atoms with Crippen molar-refractivity contribution in [2.45, 2.75) is 59.3 Å². The fraction of sp³-hybridized carbons (Fsp3) is 0.407. The average molecular weight is 484 g/mol. The molecule has 2 heterocycles. The number of ketones is 2. The van der Waals surface area contributed by atoms with Crippen molar-refractivity contribution < 1.29 is 14.0 Å². The van der Waals surface area contributed by atoms with Gasteiger partial charge in [-0.2, -0.15) is 0 Å². The lowest BCUT2D eigenvalue weighted by molar-refractivity contribution is -0.119. The fourth-order valence-corrected chi connectivity index (χ4v) is 5.78. The van der Waals surface area contributed by atoms with Crippen molar-refractivity contribution in [2.75, 3.05) is 0 Å². The van der Waals surface area contributed by atoms with Crippen LogP contribution in [0.3, 0.4) is 0 Å². The molecule has 1 aliphatic heterocycles. The Kier molecular flexibility index (Phi) is 5.19. The molecule has 0 saturated carbocycles. The summed E-state index contributed by atoms with van der Waals surface area (Å²) >= 11 is 12.3. The number of dihydropyridines is 1. The highest BCUT2D eigenvalue weighted by Gasteiger charge is 2.47. The first-order valence-corrected chi connectivity index (χ1v) is 12.0. The van der Waals surface area contributed by atoms with Crippen LogP contribution in [0.1, 0.15) is 65.1 Å². The van der Waals surface area contributed by atoms with E-state index in [1.54, 1.807) is 12.1 Å². The minimum atomic E-state index is -0.486. The van der Waals surface area contributed by atoms with Gasteiger partial charge < -0.3 is 9.73 Å². The predicted octanol–water partition coefficient (Wildman–Crippen LogP) is 7.23. The molecule has 6 heteroatoms. The van der Waals surface area contributed by atoms with Crippen LogP contribution in [-0.4, -0.2) is 11.6 Å². The fourth-order valence-electron chi connectivity index (χ4n) is 5.49. The Morgan fingerprint density at radius 3 is 1.94 bits per heavy atom. The third-order valence-electron chi connectivity index (χ3n) is 6.83. The molecule has 0 atom stereocenters. The van der Waals surface area contributed by atoms with Gasteiger partial charge in [-0.3, -0.25) is 9.59 Å². The maximum Gasteiger partial charge on any atom is 0.162 e. The van der Waals surface area contributed by atoms with E-state index in [2.05, 4.69) is 33.0 Å². The maximum absolute atomic E-state index is 13.4. The standard InChI is InChI=1S/C27H27Cl2NO3/c1-26(2)10-17-23(19(31)12-26)25(24-18(30-17)11-27(3,4)13-20(24)32)22-8-7-21(33-22)14-5-6-15(28)16(29)9-14/h5-9,25,30H,10-13H2,1-4H3. The zero-order valence-electron chi connectivity index (χ0n) is 19.3. The van der Waals surface area contributed by atoms with Crippen LogP contribution >= 0.6 is 23.2 Å². The molecule has 0 unspecified atom stereocenters. The molecule has 0 amide bonds. The minimum Gasteiger partial charge on any atom is -0.460 e. The lowest BCUT2D eigenvalue weighted by Crippen LogP contribution is -2.42. The van der Waals surface area contributed by atoms with Crippen molar-refractivity contribution in [1.29, 1.82) is 0 Å². The SMILES string of the molecule is CC1(C)CC(=O)C2=C(C1)NC1=C(C(=O)CC(C)(C)C1)C2c1ccc(-c2ccc(Cl)c(Cl)c2)o1. The number of halogens is 2. The van der Waals surface area contributed by atoms with Gasteiger partial charge in [-0.15, -0.1) is 0 Å². The number of hydrogen-bond acceptors (Lipinski definition) is 4. The summed E-state index contributed by atoms with van der Waals surface area (Å²) in [5.74, 6) is 0.906. The molecule has 2 aromatic rings. The van der Waals surface area contributed by atoms with E-state index in [9.17, 15) is 9.59 Å². The van der Waals surface area contributed by atoms with Crippen LogP contribution in [-0.2, 0) is 9.59 Å². The molecule has 2 aliphatic carbocycles. The Hall–Kier alpha value is -2.30. The number of benzene rings is 1. The summed E-state index contributed by atoms with van der Waals surface area (Å²) < 4.78 is 6.30. The van der Waals surface area contributed by atoms with Gasteiger partial charge in [0.1, 0.15) is 11.5 Å². The molecule has 0 fully saturated rings. The van der Waals surface area contributed by atoms with Gasteiger partial charge in [0.05, 0.1) is 16.0 Å². The summed E-state index contributed by atoms with van der Waals surface area (Å²) in [6, 6.07) is 9.08. The summed E-state index contributed by atoms with van der Waals surface area (Å²) in [4.78, 5) is 26.8. The molecule has 0 bridgehead atoms. The van der Waals surface area contributed by atoms with E-state index in [0.717, 1.165) is 29.8 Å². The Bertz CT molecular complexity index is 1210. The Balaban J connectivity index is 1.65. The number of Topliss-reactive ketones (excluding diaryl/α,β-unsaturated/α-hetero) is 2. The maximum atomic E-state index is 13.4. The Morgan fingerprint density at radius 1 is 0.818 bits per heavy atom. The van der Waals surface area contributed by atoms with Crippen LogP contribution in [0, 0.1) is 10.8 Å². The summed E-state index contributed by atoms with van der Waals surface area (Å²) in [6.45, 7) is 8.45. The number of nitrogens with one attached hydrogen (secondary N) is 1. The summed E-state index contributed by atoms with van der Waals surface area (Å²) in [5, 5.41) is 4.44. The number of hydrogen-bond donors (Lipinski definition) is 1. The number of rotatable bonds is 2. The molecular weight excluding hydrogens is 457 g/mol.